The first kappa shape index (κ1) is 25.7. The average Bonchev–Trinajstić information content (AvgIpc) is 2.90. The van der Waals surface area contributed by atoms with Crippen molar-refractivity contribution in [2.45, 2.75) is 44.6 Å². The summed E-state index contributed by atoms with van der Waals surface area (Å²) in [6, 6.07) is 30.8. The highest BCUT2D eigenvalue weighted by Gasteiger charge is 2.37. The second kappa shape index (κ2) is 14.3. The van der Waals surface area contributed by atoms with Crippen molar-refractivity contribution >= 4 is 5.97 Å². The third-order valence-corrected chi connectivity index (χ3v) is 5.81. The first-order valence-corrected chi connectivity index (χ1v) is 12.3. The first-order chi connectivity index (χ1) is 16.8. The van der Waals surface area contributed by atoms with Crippen LogP contribution in [0.1, 0.15) is 55.7 Å². The van der Waals surface area contributed by atoms with Gasteiger partial charge in [0.2, 0.25) is 0 Å². The van der Waals surface area contributed by atoms with Crippen molar-refractivity contribution in [3.63, 3.8) is 0 Å². The van der Waals surface area contributed by atoms with Crippen LogP contribution in [0, 0.1) is 0 Å². The van der Waals surface area contributed by atoms with Crippen LogP contribution in [0.15, 0.2) is 91.0 Å². The van der Waals surface area contributed by atoms with Gasteiger partial charge in [-0.2, -0.15) is 0 Å². The Morgan fingerprint density at radius 1 is 0.647 bits per heavy atom. The van der Waals surface area contributed by atoms with E-state index in [-0.39, 0.29) is 12.6 Å². The van der Waals surface area contributed by atoms with E-state index in [4.69, 9.17) is 14.2 Å². The van der Waals surface area contributed by atoms with Crippen LogP contribution in [-0.4, -0.2) is 32.4 Å². The molecule has 0 unspecified atom stereocenters. The molecule has 0 aliphatic heterocycles. The van der Waals surface area contributed by atoms with E-state index in [0.29, 0.717) is 26.2 Å². The fourth-order valence-electron chi connectivity index (χ4n) is 4.11. The molecule has 34 heavy (non-hydrogen) atoms. The summed E-state index contributed by atoms with van der Waals surface area (Å²) < 4.78 is 17.7. The van der Waals surface area contributed by atoms with Crippen molar-refractivity contribution in [1.82, 2.24) is 0 Å². The Kier molecular flexibility index (Phi) is 10.8. The van der Waals surface area contributed by atoms with Crippen LogP contribution in [0.2, 0.25) is 0 Å². The van der Waals surface area contributed by atoms with Crippen molar-refractivity contribution in [2.24, 2.45) is 0 Å². The van der Waals surface area contributed by atoms with Crippen molar-refractivity contribution < 1.29 is 19.0 Å². The molecule has 0 amide bonds. The number of esters is 1. The van der Waals surface area contributed by atoms with Crippen LogP contribution in [0.4, 0.5) is 0 Å². The van der Waals surface area contributed by atoms with E-state index in [1.54, 1.807) is 0 Å². The minimum Gasteiger partial charge on any atom is -0.463 e. The summed E-state index contributed by atoms with van der Waals surface area (Å²) in [5.41, 5.74) is 2.43. The number of benzene rings is 3. The molecule has 0 N–H and O–H groups in total. The molecule has 0 radical (unpaired) electrons. The van der Waals surface area contributed by atoms with Gasteiger partial charge >= 0.3 is 5.97 Å². The fraction of sp³-hybridized carbons (Fsp3) is 0.367. The summed E-state index contributed by atoms with van der Waals surface area (Å²) >= 11 is 0. The third kappa shape index (κ3) is 7.28. The molecule has 0 aromatic heterocycles. The van der Waals surface area contributed by atoms with Gasteiger partial charge in [0.05, 0.1) is 19.8 Å². The molecule has 180 valence electrons. The lowest BCUT2D eigenvalue weighted by Crippen LogP contribution is -2.34. The van der Waals surface area contributed by atoms with E-state index >= 15 is 0 Å². The van der Waals surface area contributed by atoms with Gasteiger partial charge < -0.3 is 14.2 Å². The van der Waals surface area contributed by atoms with Crippen LogP contribution >= 0.6 is 0 Å². The molecule has 3 rings (SSSR count). The predicted octanol–water partition coefficient (Wildman–Crippen LogP) is 6.53. The molecule has 3 aromatic rings. The standard InChI is InChI=1S/C30H36O4/c1-2-3-4-14-21-29(31)33-24-22-32-23-25-34-30(26-15-8-5-9-16-26,27-17-10-6-11-18-27)28-19-12-7-13-20-28/h5-13,15-20H,2-4,14,21-25H2,1H3. The zero-order valence-corrected chi connectivity index (χ0v) is 20.2. The molecular weight excluding hydrogens is 424 g/mol. The molecule has 3 aromatic carbocycles. The highest BCUT2D eigenvalue weighted by Crippen LogP contribution is 2.40. The van der Waals surface area contributed by atoms with Crippen LogP contribution in [-0.2, 0) is 24.6 Å². The Morgan fingerprint density at radius 3 is 1.65 bits per heavy atom. The number of carbonyl (C=O) groups excluding carboxylic acids is 1. The van der Waals surface area contributed by atoms with Gasteiger partial charge in [-0.15, -0.1) is 0 Å². The molecular formula is C30H36O4. The Balaban J connectivity index is 1.60. The van der Waals surface area contributed by atoms with E-state index in [1.165, 1.54) is 0 Å². The molecule has 0 aliphatic carbocycles. The minimum absolute atomic E-state index is 0.146. The lowest BCUT2D eigenvalue weighted by molar-refractivity contribution is -0.145. The van der Waals surface area contributed by atoms with Crippen molar-refractivity contribution in [3.05, 3.63) is 108 Å². The maximum absolute atomic E-state index is 11.8. The van der Waals surface area contributed by atoms with E-state index in [0.717, 1.165) is 42.4 Å². The van der Waals surface area contributed by atoms with Crippen LogP contribution in [0.5, 0.6) is 0 Å². The first-order valence-electron chi connectivity index (χ1n) is 12.3. The predicted molar refractivity (Wildman–Crippen MR) is 136 cm³/mol. The average molecular weight is 461 g/mol. The van der Waals surface area contributed by atoms with Crippen LogP contribution in [0.25, 0.3) is 0 Å². The van der Waals surface area contributed by atoms with Gasteiger partial charge in [-0.25, -0.2) is 0 Å². The second-order valence-electron chi connectivity index (χ2n) is 8.27. The Bertz CT molecular complexity index is 845. The topological polar surface area (TPSA) is 44.8 Å². The molecule has 0 fully saturated rings. The van der Waals surface area contributed by atoms with E-state index in [1.807, 2.05) is 54.6 Å². The molecule has 0 heterocycles. The molecule has 0 spiro atoms. The summed E-state index contributed by atoms with van der Waals surface area (Å²) in [5.74, 6) is -0.146. The Labute approximate surface area is 203 Å². The van der Waals surface area contributed by atoms with E-state index < -0.39 is 5.60 Å². The number of hydrogen-bond acceptors (Lipinski definition) is 4. The van der Waals surface area contributed by atoms with Gasteiger partial charge in [0.1, 0.15) is 12.2 Å². The number of rotatable bonds is 15. The number of carbonyl (C=O) groups is 1. The monoisotopic (exact) mass is 460 g/mol. The zero-order chi connectivity index (χ0) is 23.9. The number of hydrogen-bond donors (Lipinski definition) is 0. The molecule has 0 aliphatic rings. The third-order valence-electron chi connectivity index (χ3n) is 5.81. The van der Waals surface area contributed by atoms with Gasteiger partial charge in [-0.3, -0.25) is 4.79 Å². The molecule has 0 saturated heterocycles. The SMILES string of the molecule is CCCCCCC(=O)OCCOCCOC(c1ccccc1)(c1ccccc1)c1ccccc1. The molecule has 0 saturated carbocycles. The summed E-state index contributed by atoms with van der Waals surface area (Å²) in [5, 5.41) is 0. The highest BCUT2D eigenvalue weighted by molar-refractivity contribution is 5.69. The lowest BCUT2D eigenvalue weighted by atomic mass is 9.80. The van der Waals surface area contributed by atoms with Crippen molar-refractivity contribution in [3.8, 4) is 0 Å². The normalized spacial score (nSPS) is 11.3. The van der Waals surface area contributed by atoms with Crippen molar-refractivity contribution in [1.29, 1.82) is 0 Å². The zero-order valence-electron chi connectivity index (χ0n) is 20.2. The maximum Gasteiger partial charge on any atom is 0.305 e. The van der Waals surface area contributed by atoms with E-state index in [2.05, 4.69) is 43.3 Å². The Morgan fingerprint density at radius 2 is 1.15 bits per heavy atom. The van der Waals surface area contributed by atoms with Gasteiger partial charge in [0, 0.05) is 6.42 Å². The molecule has 0 atom stereocenters. The van der Waals surface area contributed by atoms with Crippen molar-refractivity contribution in [2.75, 3.05) is 26.4 Å². The lowest BCUT2D eigenvalue weighted by Gasteiger charge is -2.36. The molecule has 4 heteroatoms. The molecule has 4 nitrogen and oxygen atoms in total. The summed E-state index contributed by atoms with van der Waals surface area (Å²) in [4.78, 5) is 11.8. The molecule has 0 bridgehead atoms. The van der Waals surface area contributed by atoms with Crippen LogP contribution < -0.4 is 0 Å². The summed E-state index contributed by atoms with van der Waals surface area (Å²) in [7, 11) is 0. The quantitative estimate of drug-likeness (QED) is 0.147. The van der Waals surface area contributed by atoms with Gasteiger partial charge in [-0.1, -0.05) is 117 Å². The number of ether oxygens (including phenoxy) is 3. The summed E-state index contributed by atoms with van der Waals surface area (Å²) in [6.45, 7) is 3.59. The van der Waals surface area contributed by atoms with Gasteiger partial charge in [-0.05, 0) is 23.1 Å². The minimum atomic E-state index is -0.752. The second-order valence-corrected chi connectivity index (χ2v) is 8.27. The maximum atomic E-state index is 11.8. The Hall–Kier alpha value is -2.95. The van der Waals surface area contributed by atoms with E-state index in [9.17, 15) is 4.79 Å². The van der Waals surface area contributed by atoms with Gasteiger partial charge in [0.15, 0.2) is 0 Å². The summed E-state index contributed by atoms with van der Waals surface area (Å²) in [6.07, 6.45) is 4.77. The van der Waals surface area contributed by atoms with Gasteiger partial charge in [0.25, 0.3) is 0 Å². The number of unbranched alkanes of at least 4 members (excludes halogenated alkanes) is 3. The smallest absolute Gasteiger partial charge is 0.305 e. The fourth-order valence-corrected chi connectivity index (χ4v) is 4.11. The van der Waals surface area contributed by atoms with Crippen LogP contribution in [0.3, 0.4) is 0 Å². The largest absolute Gasteiger partial charge is 0.463 e. The highest BCUT2D eigenvalue weighted by atomic mass is 16.6.